The summed E-state index contributed by atoms with van der Waals surface area (Å²) < 4.78 is 0. The van der Waals surface area contributed by atoms with E-state index in [0.29, 0.717) is 0 Å². The Hall–Kier alpha value is -1.16. The topological polar surface area (TPSA) is 40.5 Å². The van der Waals surface area contributed by atoms with Crippen LogP contribution in [0.3, 0.4) is 0 Å². The van der Waals surface area contributed by atoms with E-state index in [2.05, 4.69) is 0 Å². The Morgan fingerprint density at radius 3 is 2.93 bits per heavy atom. The predicted octanol–water partition coefficient (Wildman–Crippen LogP) is 2.20. The van der Waals surface area contributed by atoms with E-state index in [9.17, 15) is 9.90 Å². The van der Waals surface area contributed by atoms with Crippen LogP contribution in [0.2, 0.25) is 0 Å². The molecule has 3 nitrogen and oxygen atoms in total. The van der Waals surface area contributed by atoms with Crippen LogP contribution in [0.1, 0.15) is 13.8 Å². The maximum absolute atomic E-state index is 11.4. The van der Waals surface area contributed by atoms with Crippen molar-refractivity contribution in [2.24, 2.45) is 0 Å². The second-order valence-electron chi connectivity index (χ2n) is 3.26. The lowest BCUT2D eigenvalue weighted by Crippen LogP contribution is -2.31. The van der Waals surface area contributed by atoms with E-state index < -0.39 is 0 Å². The van der Waals surface area contributed by atoms with E-state index in [-0.39, 0.29) is 17.0 Å². The highest BCUT2D eigenvalue weighted by Crippen LogP contribution is 2.44. The first-order valence-electron chi connectivity index (χ1n) is 4.39. The van der Waals surface area contributed by atoms with Crippen LogP contribution in [0.4, 0.5) is 5.69 Å². The number of benzene rings is 1. The van der Waals surface area contributed by atoms with Gasteiger partial charge in [0.25, 0.3) is 0 Å². The molecule has 1 aliphatic heterocycles. The summed E-state index contributed by atoms with van der Waals surface area (Å²) >= 11 is 1.59. The molecular weight excluding hydrogens is 198 g/mol. The molecule has 1 heterocycles. The molecule has 1 atom stereocenters. The Bertz CT molecular complexity index is 392. The highest BCUT2D eigenvalue weighted by Gasteiger charge is 2.29. The van der Waals surface area contributed by atoms with Gasteiger partial charge in [0, 0.05) is 11.8 Å². The summed E-state index contributed by atoms with van der Waals surface area (Å²) in [6.45, 7) is 3.53. The minimum absolute atomic E-state index is 0.0365. The Labute approximate surface area is 86.7 Å². The molecule has 0 aliphatic carbocycles. The van der Waals surface area contributed by atoms with Crippen LogP contribution in [0.5, 0.6) is 5.75 Å². The van der Waals surface area contributed by atoms with Gasteiger partial charge in [-0.2, -0.15) is 0 Å². The largest absolute Gasteiger partial charge is 0.508 e. The molecular formula is C10H11NO2S. The summed E-state index contributed by atoms with van der Waals surface area (Å²) in [6, 6.07) is 5.08. The van der Waals surface area contributed by atoms with Gasteiger partial charge in [0.05, 0.1) is 11.1 Å². The number of nitrogens with zero attached hydrogens (tertiary/aromatic N) is 1. The standard InChI is InChI=1S/C10H11NO2S/c1-6(12)11-7(2)14-10-5-8(13)3-4-9(10)11/h3-5,7,13H,1-2H3. The van der Waals surface area contributed by atoms with Crippen LogP contribution in [-0.4, -0.2) is 16.4 Å². The highest BCUT2D eigenvalue weighted by molar-refractivity contribution is 8.00. The van der Waals surface area contributed by atoms with Crippen molar-refractivity contribution >= 4 is 23.4 Å². The van der Waals surface area contributed by atoms with Crippen LogP contribution < -0.4 is 4.90 Å². The summed E-state index contributed by atoms with van der Waals surface area (Å²) in [5, 5.41) is 9.41. The number of anilines is 1. The van der Waals surface area contributed by atoms with Crippen molar-refractivity contribution < 1.29 is 9.90 Å². The summed E-state index contributed by atoms with van der Waals surface area (Å²) in [6.07, 6.45) is 0. The molecule has 0 spiro atoms. The van der Waals surface area contributed by atoms with Crippen molar-refractivity contribution in [3.63, 3.8) is 0 Å². The number of fused-ring (bicyclic) bond motifs is 1. The highest BCUT2D eigenvalue weighted by atomic mass is 32.2. The van der Waals surface area contributed by atoms with Crippen LogP contribution in [0.15, 0.2) is 23.1 Å². The molecule has 0 aromatic heterocycles. The number of carbonyl (C=O) groups is 1. The van der Waals surface area contributed by atoms with Gasteiger partial charge >= 0.3 is 0 Å². The van der Waals surface area contributed by atoms with E-state index in [1.807, 2.05) is 6.92 Å². The van der Waals surface area contributed by atoms with Gasteiger partial charge in [0.2, 0.25) is 5.91 Å². The molecule has 4 heteroatoms. The molecule has 0 saturated carbocycles. The summed E-state index contributed by atoms with van der Waals surface area (Å²) in [7, 11) is 0. The minimum atomic E-state index is 0.0365. The Kier molecular flexibility index (Phi) is 2.15. The minimum Gasteiger partial charge on any atom is -0.508 e. The second-order valence-corrected chi connectivity index (χ2v) is 4.62. The number of thioether (sulfide) groups is 1. The van der Waals surface area contributed by atoms with Gasteiger partial charge in [-0.25, -0.2) is 0 Å². The number of carbonyl (C=O) groups excluding carboxylic acids is 1. The van der Waals surface area contributed by atoms with Gasteiger partial charge in [-0.05, 0) is 25.1 Å². The number of amides is 1. The number of phenolic OH excluding ortho intramolecular Hbond substituents is 1. The molecule has 0 fully saturated rings. The molecule has 1 unspecified atom stereocenters. The molecule has 1 aliphatic rings. The molecule has 74 valence electrons. The van der Waals surface area contributed by atoms with Crippen molar-refractivity contribution in [2.75, 3.05) is 4.90 Å². The third-order valence-corrected chi connectivity index (χ3v) is 3.34. The zero-order chi connectivity index (χ0) is 10.3. The number of hydrogen-bond donors (Lipinski definition) is 1. The smallest absolute Gasteiger partial charge is 0.224 e. The van der Waals surface area contributed by atoms with E-state index in [1.54, 1.807) is 41.8 Å². The Morgan fingerprint density at radius 2 is 2.29 bits per heavy atom. The molecule has 1 aromatic carbocycles. The average molecular weight is 209 g/mol. The lowest BCUT2D eigenvalue weighted by atomic mass is 10.2. The van der Waals surface area contributed by atoms with Crippen molar-refractivity contribution in [3.05, 3.63) is 18.2 Å². The predicted molar refractivity (Wildman–Crippen MR) is 56.6 cm³/mol. The lowest BCUT2D eigenvalue weighted by molar-refractivity contribution is -0.116. The molecule has 0 saturated heterocycles. The fourth-order valence-corrected chi connectivity index (χ4v) is 2.87. The normalized spacial score (nSPS) is 19.6. The fraction of sp³-hybridized carbons (Fsp3) is 0.300. The van der Waals surface area contributed by atoms with E-state index in [1.165, 1.54) is 0 Å². The monoisotopic (exact) mass is 209 g/mol. The number of hydrogen-bond acceptors (Lipinski definition) is 3. The van der Waals surface area contributed by atoms with Crippen LogP contribution in [0, 0.1) is 0 Å². The van der Waals surface area contributed by atoms with E-state index in [0.717, 1.165) is 10.6 Å². The van der Waals surface area contributed by atoms with Crippen molar-refractivity contribution in [3.8, 4) is 5.75 Å². The third kappa shape index (κ3) is 1.35. The zero-order valence-corrected chi connectivity index (χ0v) is 8.84. The van der Waals surface area contributed by atoms with E-state index >= 15 is 0 Å². The van der Waals surface area contributed by atoms with Crippen LogP contribution in [0.25, 0.3) is 0 Å². The summed E-state index contributed by atoms with van der Waals surface area (Å²) in [5.74, 6) is 0.281. The summed E-state index contributed by atoms with van der Waals surface area (Å²) in [5.41, 5.74) is 0.896. The first-order chi connectivity index (χ1) is 6.59. The quantitative estimate of drug-likeness (QED) is 0.712. The molecule has 1 aromatic rings. The first kappa shape index (κ1) is 9.40. The zero-order valence-electron chi connectivity index (χ0n) is 8.02. The number of aromatic hydroxyl groups is 1. The van der Waals surface area contributed by atoms with Gasteiger partial charge in [0.15, 0.2) is 0 Å². The van der Waals surface area contributed by atoms with Crippen LogP contribution >= 0.6 is 11.8 Å². The van der Waals surface area contributed by atoms with E-state index in [4.69, 9.17) is 0 Å². The maximum Gasteiger partial charge on any atom is 0.224 e. The lowest BCUT2D eigenvalue weighted by Gasteiger charge is -2.19. The molecule has 14 heavy (non-hydrogen) atoms. The van der Waals surface area contributed by atoms with Gasteiger partial charge in [0.1, 0.15) is 5.75 Å². The average Bonchev–Trinajstić information content (AvgIpc) is 2.39. The number of rotatable bonds is 0. The molecule has 0 radical (unpaired) electrons. The second kappa shape index (κ2) is 3.20. The number of phenols is 1. The third-order valence-electron chi connectivity index (χ3n) is 2.20. The van der Waals surface area contributed by atoms with Gasteiger partial charge in [-0.3, -0.25) is 9.69 Å². The molecule has 1 amide bonds. The first-order valence-corrected chi connectivity index (χ1v) is 5.27. The Balaban J connectivity index is 2.48. The van der Waals surface area contributed by atoms with Crippen molar-refractivity contribution in [1.82, 2.24) is 0 Å². The fourth-order valence-electron chi connectivity index (χ4n) is 1.65. The van der Waals surface area contributed by atoms with Gasteiger partial charge in [-0.1, -0.05) is 11.8 Å². The maximum atomic E-state index is 11.4. The SMILES string of the molecule is CC(=O)N1c2ccc(O)cc2SC1C. The summed E-state index contributed by atoms with van der Waals surface area (Å²) in [4.78, 5) is 14.1. The van der Waals surface area contributed by atoms with Crippen molar-refractivity contribution in [1.29, 1.82) is 0 Å². The van der Waals surface area contributed by atoms with Crippen molar-refractivity contribution in [2.45, 2.75) is 24.1 Å². The van der Waals surface area contributed by atoms with Gasteiger partial charge < -0.3 is 5.11 Å². The molecule has 2 rings (SSSR count). The molecule has 1 N–H and O–H groups in total. The molecule has 0 bridgehead atoms. The Morgan fingerprint density at radius 1 is 1.57 bits per heavy atom. The van der Waals surface area contributed by atoms with Gasteiger partial charge in [-0.15, -0.1) is 0 Å². The van der Waals surface area contributed by atoms with Crippen LogP contribution in [-0.2, 0) is 4.79 Å².